The first-order valence-corrected chi connectivity index (χ1v) is 8.58. The van der Waals surface area contributed by atoms with Gasteiger partial charge in [-0.15, -0.1) is 0 Å². The molecule has 0 unspecified atom stereocenters. The highest BCUT2D eigenvalue weighted by atomic mass is 28.4. The lowest BCUT2D eigenvalue weighted by Crippen LogP contribution is -2.47. The second-order valence-electron chi connectivity index (χ2n) is 5.34. The van der Waals surface area contributed by atoms with Gasteiger partial charge >= 0.3 is 8.56 Å². The van der Waals surface area contributed by atoms with Crippen molar-refractivity contribution in [1.82, 2.24) is 0 Å². The van der Waals surface area contributed by atoms with Crippen LogP contribution in [0.15, 0.2) is 23.3 Å². The van der Waals surface area contributed by atoms with Crippen molar-refractivity contribution in [3.05, 3.63) is 23.3 Å². The van der Waals surface area contributed by atoms with Crippen molar-refractivity contribution in [2.75, 3.05) is 14.2 Å². The van der Waals surface area contributed by atoms with Gasteiger partial charge in [-0.25, -0.2) is 0 Å². The lowest BCUT2D eigenvalue weighted by atomic mass is 10.2. The van der Waals surface area contributed by atoms with Gasteiger partial charge in [-0.1, -0.05) is 36.1 Å². The monoisotopic (exact) mass is 252 g/mol. The van der Waals surface area contributed by atoms with Crippen LogP contribution < -0.4 is 0 Å². The van der Waals surface area contributed by atoms with Crippen molar-refractivity contribution in [2.45, 2.75) is 50.6 Å². The minimum Gasteiger partial charge on any atom is -0.397 e. The SMILES string of the molecule is CO[Si](OC)(C1C=C(C)C(C)=C1)C1CCCC1. The van der Waals surface area contributed by atoms with Crippen LogP contribution in [0.3, 0.4) is 0 Å². The third kappa shape index (κ3) is 2.16. The van der Waals surface area contributed by atoms with Crippen molar-refractivity contribution >= 4 is 8.56 Å². The van der Waals surface area contributed by atoms with Crippen molar-refractivity contribution in [1.29, 1.82) is 0 Å². The van der Waals surface area contributed by atoms with E-state index in [9.17, 15) is 0 Å². The Morgan fingerprint density at radius 2 is 1.47 bits per heavy atom. The Bertz CT molecular complexity index is 318. The normalized spacial score (nSPS) is 23.1. The molecule has 96 valence electrons. The van der Waals surface area contributed by atoms with E-state index in [2.05, 4.69) is 26.0 Å². The maximum Gasteiger partial charge on any atom is 0.351 e. The smallest absolute Gasteiger partial charge is 0.351 e. The molecule has 2 rings (SSSR count). The molecule has 3 heteroatoms. The van der Waals surface area contributed by atoms with Gasteiger partial charge in [0.25, 0.3) is 0 Å². The van der Waals surface area contributed by atoms with E-state index in [1.165, 1.54) is 36.8 Å². The molecule has 0 bridgehead atoms. The van der Waals surface area contributed by atoms with E-state index >= 15 is 0 Å². The summed E-state index contributed by atoms with van der Waals surface area (Å²) in [6.45, 7) is 4.37. The highest BCUT2D eigenvalue weighted by Crippen LogP contribution is 2.48. The van der Waals surface area contributed by atoms with Crippen LogP contribution in [0.5, 0.6) is 0 Å². The highest BCUT2D eigenvalue weighted by Gasteiger charge is 2.51. The molecule has 2 nitrogen and oxygen atoms in total. The fraction of sp³-hybridized carbons (Fsp3) is 0.714. The predicted octanol–water partition coefficient (Wildman–Crippen LogP) is 3.94. The van der Waals surface area contributed by atoms with Crippen LogP contribution in [-0.2, 0) is 8.85 Å². The van der Waals surface area contributed by atoms with E-state index in [0.29, 0.717) is 11.1 Å². The fourth-order valence-corrected chi connectivity index (χ4v) is 7.47. The molecule has 2 aliphatic carbocycles. The van der Waals surface area contributed by atoms with E-state index in [-0.39, 0.29) is 0 Å². The molecule has 0 heterocycles. The molecule has 0 spiro atoms. The molecule has 0 aromatic rings. The molecular weight excluding hydrogens is 228 g/mol. The molecule has 0 atom stereocenters. The number of rotatable bonds is 4. The average molecular weight is 252 g/mol. The van der Waals surface area contributed by atoms with Gasteiger partial charge in [0, 0.05) is 25.3 Å². The van der Waals surface area contributed by atoms with Gasteiger partial charge < -0.3 is 8.85 Å². The lowest BCUT2D eigenvalue weighted by Gasteiger charge is -2.36. The van der Waals surface area contributed by atoms with Crippen LogP contribution in [0.2, 0.25) is 11.1 Å². The summed E-state index contributed by atoms with van der Waals surface area (Å²) in [7, 11) is 1.58. The molecule has 0 aromatic heterocycles. The lowest BCUT2D eigenvalue weighted by molar-refractivity contribution is 0.225. The Hall–Kier alpha value is -0.383. The summed E-state index contributed by atoms with van der Waals surface area (Å²) in [5.41, 5.74) is 3.84. The van der Waals surface area contributed by atoms with Crippen molar-refractivity contribution in [3.63, 3.8) is 0 Å². The third-order valence-corrected chi connectivity index (χ3v) is 8.76. The zero-order valence-electron chi connectivity index (χ0n) is 11.5. The quantitative estimate of drug-likeness (QED) is 0.706. The van der Waals surface area contributed by atoms with Crippen LogP contribution in [-0.4, -0.2) is 22.8 Å². The molecular formula is C14H24O2Si. The summed E-state index contributed by atoms with van der Waals surface area (Å²) in [4.78, 5) is 0. The zero-order valence-corrected chi connectivity index (χ0v) is 12.5. The maximum atomic E-state index is 5.98. The summed E-state index contributed by atoms with van der Waals surface area (Å²) in [5.74, 6) is 0. The van der Waals surface area contributed by atoms with Crippen molar-refractivity contribution < 1.29 is 8.85 Å². The largest absolute Gasteiger partial charge is 0.397 e. The summed E-state index contributed by atoms with van der Waals surface area (Å²) in [6.07, 6.45) is 9.95. The topological polar surface area (TPSA) is 18.5 Å². The van der Waals surface area contributed by atoms with Gasteiger partial charge in [0.2, 0.25) is 0 Å². The first-order valence-electron chi connectivity index (χ1n) is 6.61. The van der Waals surface area contributed by atoms with Gasteiger partial charge in [0.1, 0.15) is 0 Å². The highest BCUT2D eigenvalue weighted by molar-refractivity contribution is 6.71. The number of hydrogen-bond acceptors (Lipinski definition) is 2. The third-order valence-electron chi connectivity index (χ3n) is 4.51. The Morgan fingerprint density at radius 3 is 1.88 bits per heavy atom. The fourth-order valence-electron chi connectivity index (χ4n) is 3.37. The first-order chi connectivity index (χ1) is 8.14. The average Bonchev–Trinajstić information content (AvgIpc) is 2.94. The standard InChI is InChI=1S/C14H24O2Si/c1-11-9-14(10-12(11)2)17(15-3,16-4)13-7-5-6-8-13/h9-10,13-14H,5-8H2,1-4H3. The van der Waals surface area contributed by atoms with Crippen LogP contribution in [0, 0.1) is 0 Å². The van der Waals surface area contributed by atoms with Gasteiger partial charge in [-0.05, 0) is 26.7 Å². The van der Waals surface area contributed by atoms with Crippen molar-refractivity contribution in [3.8, 4) is 0 Å². The van der Waals surface area contributed by atoms with Crippen LogP contribution in [0.4, 0.5) is 0 Å². The molecule has 1 fully saturated rings. The number of hydrogen-bond donors (Lipinski definition) is 0. The molecule has 0 N–H and O–H groups in total. The molecule has 0 radical (unpaired) electrons. The summed E-state index contributed by atoms with van der Waals surface area (Å²) in [6, 6.07) is 0. The van der Waals surface area contributed by atoms with E-state index in [4.69, 9.17) is 8.85 Å². The van der Waals surface area contributed by atoms with Gasteiger partial charge in [0.15, 0.2) is 0 Å². The minimum atomic E-state index is -2.11. The zero-order chi connectivity index (χ0) is 12.5. The van der Waals surface area contributed by atoms with E-state index in [1.54, 1.807) is 0 Å². The summed E-state index contributed by atoms with van der Waals surface area (Å²) in [5, 5.41) is 0. The summed E-state index contributed by atoms with van der Waals surface area (Å²) >= 11 is 0. The molecule has 2 aliphatic rings. The Kier molecular flexibility index (Phi) is 3.91. The Balaban J connectivity index is 2.28. The van der Waals surface area contributed by atoms with Crippen LogP contribution in [0.1, 0.15) is 39.5 Å². The Labute approximate surface area is 106 Å². The summed E-state index contributed by atoms with van der Waals surface area (Å²) < 4.78 is 12.0. The number of allylic oxidation sites excluding steroid dienone is 4. The van der Waals surface area contributed by atoms with Gasteiger partial charge in [0.05, 0.1) is 0 Å². The van der Waals surface area contributed by atoms with Crippen LogP contribution in [0.25, 0.3) is 0 Å². The van der Waals surface area contributed by atoms with E-state index < -0.39 is 8.56 Å². The predicted molar refractivity (Wildman–Crippen MR) is 73.3 cm³/mol. The van der Waals surface area contributed by atoms with Crippen LogP contribution >= 0.6 is 0 Å². The molecule has 0 aromatic carbocycles. The van der Waals surface area contributed by atoms with E-state index in [0.717, 1.165) is 0 Å². The minimum absolute atomic E-state index is 0.403. The second kappa shape index (κ2) is 5.08. The maximum absolute atomic E-state index is 5.98. The Morgan fingerprint density at radius 1 is 1.00 bits per heavy atom. The molecule has 0 amide bonds. The van der Waals surface area contributed by atoms with Gasteiger partial charge in [-0.2, -0.15) is 0 Å². The molecule has 0 saturated heterocycles. The molecule has 0 aliphatic heterocycles. The molecule has 17 heavy (non-hydrogen) atoms. The van der Waals surface area contributed by atoms with E-state index in [1.807, 2.05) is 14.2 Å². The first kappa shape index (κ1) is 13.1. The van der Waals surface area contributed by atoms with Gasteiger partial charge in [-0.3, -0.25) is 0 Å². The molecule has 1 saturated carbocycles. The second-order valence-corrected chi connectivity index (χ2v) is 9.08. The van der Waals surface area contributed by atoms with Crippen molar-refractivity contribution in [2.24, 2.45) is 0 Å².